The van der Waals surface area contributed by atoms with Crippen molar-refractivity contribution in [2.75, 3.05) is 0 Å². The Morgan fingerprint density at radius 1 is 1.20 bits per heavy atom. The Balaban J connectivity index is 1.49. The van der Waals surface area contributed by atoms with E-state index in [1.165, 1.54) is 5.56 Å². The lowest BCUT2D eigenvalue weighted by molar-refractivity contribution is 0.548. The Morgan fingerprint density at radius 3 is 2.92 bits per heavy atom. The first-order valence-corrected chi connectivity index (χ1v) is 9.55. The summed E-state index contributed by atoms with van der Waals surface area (Å²) in [5.41, 5.74) is 3.11. The van der Waals surface area contributed by atoms with E-state index in [2.05, 4.69) is 26.6 Å². The smallest absolute Gasteiger partial charge is 0.214 e. The summed E-state index contributed by atoms with van der Waals surface area (Å²) >= 11 is 3.14. The highest BCUT2D eigenvalue weighted by Gasteiger charge is 2.12. The molecule has 4 aromatic rings. The second-order valence-corrected chi connectivity index (χ2v) is 7.36. The molecule has 0 saturated carbocycles. The molecule has 4 rings (SSSR count). The Labute approximate surface area is 152 Å². The molecule has 0 radical (unpaired) electrons. The van der Waals surface area contributed by atoms with Gasteiger partial charge in [0.25, 0.3) is 0 Å². The Morgan fingerprint density at radius 2 is 2.12 bits per heavy atom. The Kier molecular flexibility index (Phi) is 4.37. The minimum atomic E-state index is 0.697. The molecule has 3 aromatic heterocycles. The van der Waals surface area contributed by atoms with Gasteiger partial charge in [-0.05, 0) is 54.1 Å². The molecule has 0 fully saturated rings. The molecule has 0 N–H and O–H groups in total. The van der Waals surface area contributed by atoms with Gasteiger partial charge in [-0.15, -0.1) is 16.4 Å². The number of benzene rings is 1. The second kappa shape index (κ2) is 6.81. The first kappa shape index (κ1) is 16.0. The van der Waals surface area contributed by atoms with Crippen LogP contribution in [0.5, 0.6) is 0 Å². The van der Waals surface area contributed by atoms with Crippen LogP contribution in [0.4, 0.5) is 0 Å². The van der Waals surface area contributed by atoms with E-state index in [-0.39, 0.29) is 0 Å². The fourth-order valence-corrected chi connectivity index (χ4v) is 4.03. The lowest BCUT2D eigenvalue weighted by atomic mass is 10.2. The SMILES string of the molecule is Cc1cccc(-n2nnnc2SCc2csc(-c3ccc(C)o3)n2)c1. The lowest BCUT2D eigenvalue weighted by Crippen LogP contribution is -1.99. The van der Waals surface area contributed by atoms with Crippen molar-refractivity contribution in [3.05, 3.63) is 58.8 Å². The van der Waals surface area contributed by atoms with Gasteiger partial charge in [0.05, 0.1) is 11.4 Å². The number of tetrazole rings is 1. The number of aromatic nitrogens is 5. The Hall–Kier alpha value is -2.45. The summed E-state index contributed by atoms with van der Waals surface area (Å²) in [4.78, 5) is 4.64. The fraction of sp³-hybridized carbons (Fsp3) is 0.176. The summed E-state index contributed by atoms with van der Waals surface area (Å²) in [5, 5.41) is 15.7. The van der Waals surface area contributed by atoms with E-state index in [0.29, 0.717) is 5.75 Å². The standard InChI is InChI=1S/C17H15N5OS2/c1-11-4-3-5-14(8-11)22-17(19-20-21-22)25-10-13-9-24-16(18-13)15-7-6-12(2)23-15/h3-9H,10H2,1-2H3. The van der Waals surface area contributed by atoms with Crippen molar-refractivity contribution in [3.8, 4) is 16.5 Å². The van der Waals surface area contributed by atoms with Crippen LogP contribution in [0.1, 0.15) is 17.0 Å². The number of furan rings is 1. The predicted octanol–water partition coefficient (Wildman–Crippen LogP) is 4.29. The molecule has 126 valence electrons. The van der Waals surface area contributed by atoms with Gasteiger partial charge in [0.1, 0.15) is 5.76 Å². The zero-order chi connectivity index (χ0) is 17.2. The summed E-state index contributed by atoms with van der Waals surface area (Å²) in [6.45, 7) is 3.98. The molecule has 0 aliphatic heterocycles. The van der Waals surface area contributed by atoms with Gasteiger partial charge < -0.3 is 4.42 Å². The molecule has 25 heavy (non-hydrogen) atoms. The lowest BCUT2D eigenvalue weighted by Gasteiger charge is -2.04. The van der Waals surface area contributed by atoms with Crippen molar-refractivity contribution in [2.24, 2.45) is 0 Å². The summed E-state index contributed by atoms with van der Waals surface area (Å²) in [7, 11) is 0. The molecule has 6 nitrogen and oxygen atoms in total. The van der Waals surface area contributed by atoms with E-state index in [4.69, 9.17) is 4.42 Å². The number of aryl methyl sites for hydroxylation is 2. The summed E-state index contributed by atoms with van der Waals surface area (Å²) in [5.74, 6) is 2.39. The van der Waals surface area contributed by atoms with Gasteiger partial charge in [-0.25, -0.2) is 4.98 Å². The van der Waals surface area contributed by atoms with Gasteiger partial charge in [0, 0.05) is 11.1 Å². The largest absolute Gasteiger partial charge is 0.459 e. The topological polar surface area (TPSA) is 69.6 Å². The zero-order valence-electron chi connectivity index (χ0n) is 13.7. The van der Waals surface area contributed by atoms with Gasteiger partial charge in [-0.2, -0.15) is 4.68 Å². The molecule has 0 bridgehead atoms. The highest BCUT2D eigenvalue weighted by atomic mass is 32.2. The number of nitrogens with zero attached hydrogens (tertiary/aromatic N) is 5. The third kappa shape index (κ3) is 3.49. The molecule has 0 unspecified atom stereocenters. The van der Waals surface area contributed by atoms with Crippen molar-refractivity contribution in [3.63, 3.8) is 0 Å². The molecule has 0 aliphatic rings. The summed E-state index contributed by atoms with van der Waals surface area (Å²) in [6.07, 6.45) is 0. The van der Waals surface area contributed by atoms with Crippen LogP contribution < -0.4 is 0 Å². The van der Waals surface area contributed by atoms with E-state index in [9.17, 15) is 0 Å². The van der Waals surface area contributed by atoms with Crippen LogP contribution in [0.2, 0.25) is 0 Å². The molecular weight excluding hydrogens is 354 g/mol. The number of rotatable bonds is 5. The van der Waals surface area contributed by atoms with Crippen LogP contribution in [-0.2, 0) is 5.75 Å². The van der Waals surface area contributed by atoms with Gasteiger partial charge in [0.2, 0.25) is 5.16 Å². The number of hydrogen-bond acceptors (Lipinski definition) is 7. The van der Waals surface area contributed by atoms with Crippen molar-refractivity contribution in [1.82, 2.24) is 25.2 Å². The van der Waals surface area contributed by atoms with E-state index in [0.717, 1.165) is 33.1 Å². The molecule has 8 heteroatoms. The molecule has 0 spiro atoms. The zero-order valence-corrected chi connectivity index (χ0v) is 15.3. The normalized spacial score (nSPS) is 11.1. The summed E-state index contributed by atoms with van der Waals surface area (Å²) in [6, 6.07) is 12.0. The maximum atomic E-state index is 5.63. The van der Waals surface area contributed by atoms with Crippen LogP contribution in [0, 0.1) is 13.8 Å². The van der Waals surface area contributed by atoms with Crippen LogP contribution in [-0.4, -0.2) is 25.2 Å². The highest BCUT2D eigenvalue weighted by molar-refractivity contribution is 7.98. The molecule has 0 amide bonds. The van der Waals surface area contributed by atoms with E-state index < -0.39 is 0 Å². The summed E-state index contributed by atoms with van der Waals surface area (Å²) < 4.78 is 7.38. The molecule has 3 heterocycles. The maximum Gasteiger partial charge on any atom is 0.214 e. The van der Waals surface area contributed by atoms with E-state index in [1.54, 1.807) is 27.8 Å². The average molecular weight is 369 g/mol. The van der Waals surface area contributed by atoms with Gasteiger partial charge >= 0.3 is 0 Å². The minimum absolute atomic E-state index is 0.697. The van der Waals surface area contributed by atoms with Gasteiger partial charge in [-0.1, -0.05) is 23.9 Å². The van der Waals surface area contributed by atoms with E-state index in [1.807, 2.05) is 49.6 Å². The quantitative estimate of drug-likeness (QED) is 0.489. The second-order valence-electron chi connectivity index (χ2n) is 5.56. The highest BCUT2D eigenvalue weighted by Crippen LogP contribution is 2.28. The van der Waals surface area contributed by atoms with Crippen LogP contribution >= 0.6 is 23.1 Å². The number of thiazole rings is 1. The monoisotopic (exact) mass is 369 g/mol. The third-order valence-electron chi connectivity index (χ3n) is 3.54. The van der Waals surface area contributed by atoms with Crippen LogP contribution in [0.25, 0.3) is 16.5 Å². The maximum absolute atomic E-state index is 5.63. The number of thioether (sulfide) groups is 1. The first-order chi connectivity index (χ1) is 12.2. The van der Waals surface area contributed by atoms with Crippen LogP contribution in [0.3, 0.4) is 0 Å². The molecule has 0 aliphatic carbocycles. The molecular formula is C17H15N5OS2. The van der Waals surface area contributed by atoms with E-state index >= 15 is 0 Å². The van der Waals surface area contributed by atoms with Crippen LogP contribution in [0.15, 0.2) is 51.4 Å². The third-order valence-corrected chi connectivity index (χ3v) is 5.40. The minimum Gasteiger partial charge on any atom is -0.459 e. The van der Waals surface area contributed by atoms with Crippen molar-refractivity contribution >= 4 is 23.1 Å². The number of hydrogen-bond donors (Lipinski definition) is 0. The molecule has 0 saturated heterocycles. The van der Waals surface area contributed by atoms with Crippen molar-refractivity contribution in [1.29, 1.82) is 0 Å². The van der Waals surface area contributed by atoms with Crippen molar-refractivity contribution < 1.29 is 4.42 Å². The molecule has 0 atom stereocenters. The first-order valence-electron chi connectivity index (χ1n) is 7.68. The average Bonchev–Trinajstić information content (AvgIpc) is 3.33. The van der Waals surface area contributed by atoms with Gasteiger partial charge in [-0.3, -0.25) is 0 Å². The van der Waals surface area contributed by atoms with Gasteiger partial charge in [0.15, 0.2) is 10.8 Å². The fourth-order valence-electron chi connectivity index (χ4n) is 2.37. The predicted molar refractivity (Wildman–Crippen MR) is 98.0 cm³/mol. The van der Waals surface area contributed by atoms with Crippen molar-refractivity contribution in [2.45, 2.75) is 24.8 Å². The Bertz CT molecular complexity index is 1000. The molecule has 1 aromatic carbocycles.